The van der Waals surface area contributed by atoms with Gasteiger partial charge in [0.1, 0.15) is 0 Å². The van der Waals surface area contributed by atoms with Gasteiger partial charge in [-0.1, -0.05) is 0 Å². The standard InChI is InChI=1S/C14H19N3O5S/c1-2-22-14(19)16-7-9-17(10-8-16)23(20,21)13-5-3-12(4-6-13)15-11-18/h3-6,11H,2,7-10H2,1H3,(H,15,18). The Morgan fingerprint density at radius 1 is 1.22 bits per heavy atom. The molecule has 23 heavy (non-hydrogen) atoms. The minimum atomic E-state index is -3.62. The van der Waals surface area contributed by atoms with Crippen LogP contribution in [0, 0.1) is 0 Å². The summed E-state index contributed by atoms with van der Waals surface area (Å²) in [6, 6.07) is 5.93. The Balaban J connectivity index is 2.03. The highest BCUT2D eigenvalue weighted by Crippen LogP contribution is 2.19. The van der Waals surface area contributed by atoms with Crippen LogP contribution >= 0.6 is 0 Å². The highest BCUT2D eigenvalue weighted by atomic mass is 32.2. The molecule has 9 heteroatoms. The number of nitrogens with one attached hydrogen (secondary N) is 1. The SMILES string of the molecule is CCOC(=O)N1CCN(S(=O)(=O)c2ccc(NC=O)cc2)CC1. The normalized spacial score (nSPS) is 16.0. The van der Waals surface area contributed by atoms with Crippen molar-refractivity contribution in [3.8, 4) is 0 Å². The van der Waals surface area contributed by atoms with Crippen LogP contribution in [0.2, 0.25) is 0 Å². The molecule has 8 nitrogen and oxygen atoms in total. The zero-order chi connectivity index (χ0) is 16.9. The maximum Gasteiger partial charge on any atom is 0.409 e. The second-order valence-electron chi connectivity index (χ2n) is 4.88. The summed E-state index contributed by atoms with van der Waals surface area (Å²) in [5.41, 5.74) is 0.520. The van der Waals surface area contributed by atoms with E-state index in [1.54, 1.807) is 6.92 Å². The van der Waals surface area contributed by atoms with Crippen molar-refractivity contribution >= 4 is 28.2 Å². The monoisotopic (exact) mass is 341 g/mol. The summed E-state index contributed by atoms with van der Waals surface area (Å²) in [6.45, 7) is 3.04. The van der Waals surface area contributed by atoms with E-state index < -0.39 is 16.1 Å². The molecule has 0 radical (unpaired) electrons. The zero-order valence-electron chi connectivity index (χ0n) is 12.8. The molecule has 2 amide bonds. The number of ether oxygens (including phenoxy) is 1. The summed E-state index contributed by atoms with van der Waals surface area (Å²) in [6.07, 6.45) is 0.104. The lowest BCUT2D eigenvalue weighted by atomic mass is 10.3. The molecule has 1 N–H and O–H groups in total. The number of rotatable bonds is 5. The fraction of sp³-hybridized carbons (Fsp3) is 0.429. The molecule has 1 saturated heterocycles. The average molecular weight is 341 g/mol. The molecule has 0 aromatic heterocycles. The van der Waals surface area contributed by atoms with E-state index in [-0.39, 0.29) is 18.0 Å². The summed E-state index contributed by atoms with van der Waals surface area (Å²) in [7, 11) is -3.62. The van der Waals surface area contributed by atoms with Crippen molar-refractivity contribution in [1.29, 1.82) is 0 Å². The van der Waals surface area contributed by atoms with E-state index in [9.17, 15) is 18.0 Å². The topological polar surface area (TPSA) is 96.0 Å². The van der Waals surface area contributed by atoms with Gasteiger partial charge in [0, 0.05) is 31.9 Å². The molecule has 0 unspecified atom stereocenters. The van der Waals surface area contributed by atoms with Crippen LogP contribution in [0.3, 0.4) is 0 Å². The lowest BCUT2D eigenvalue weighted by Crippen LogP contribution is -2.50. The van der Waals surface area contributed by atoms with Crippen molar-refractivity contribution in [2.75, 3.05) is 38.1 Å². The first-order chi connectivity index (χ1) is 11.0. The van der Waals surface area contributed by atoms with E-state index in [0.717, 1.165) is 0 Å². The van der Waals surface area contributed by atoms with Gasteiger partial charge >= 0.3 is 6.09 Å². The molecule has 1 fully saturated rings. The summed E-state index contributed by atoms with van der Waals surface area (Å²) in [4.78, 5) is 23.6. The number of piperazine rings is 1. The lowest BCUT2D eigenvalue weighted by molar-refractivity contribution is -0.105. The maximum absolute atomic E-state index is 12.6. The molecule has 1 aromatic carbocycles. The molecule has 0 aliphatic carbocycles. The quantitative estimate of drug-likeness (QED) is 0.796. The third-order valence-electron chi connectivity index (χ3n) is 3.48. The molecule has 1 aromatic rings. The predicted molar refractivity (Wildman–Crippen MR) is 83.5 cm³/mol. The van der Waals surface area contributed by atoms with Crippen molar-refractivity contribution in [2.45, 2.75) is 11.8 Å². The molecular formula is C14H19N3O5S. The van der Waals surface area contributed by atoms with Gasteiger partial charge in [0.15, 0.2) is 0 Å². The first-order valence-corrected chi connectivity index (χ1v) is 8.65. The molecule has 0 saturated carbocycles. The van der Waals surface area contributed by atoms with Crippen LogP contribution < -0.4 is 5.32 Å². The molecule has 1 aliphatic rings. The minimum Gasteiger partial charge on any atom is -0.450 e. The maximum atomic E-state index is 12.6. The van der Waals surface area contributed by atoms with Crippen LogP contribution in [0.4, 0.5) is 10.5 Å². The zero-order valence-corrected chi connectivity index (χ0v) is 13.6. The van der Waals surface area contributed by atoms with Gasteiger partial charge in [-0.25, -0.2) is 13.2 Å². The number of hydrogen-bond donors (Lipinski definition) is 1. The fourth-order valence-corrected chi connectivity index (χ4v) is 3.69. The average Bonchev–Trinajstić information content (AvgIpc) is 2.56. The molecule has 2 rings (SSSR count). The van der Waals surface area contributed by atoms with Gasteiger partial charge in [-0.05, 0) is 31.2 Å². The summed E-state index contributed by atoms with van der Waals surface area (Å²) >= 11 is 0. The Bertz CT molecular complexity index is 651. The number of benzene rings is 1. The van der Waals surface area contributed by atoms with Crippen molar-refractivity contribution in [3.05, 3.63) is 24.3 Å². The predicted octanol–water partition coefficient (Wildman–Crippen LogP) is 0.718. The van der Waals surface area contributed by atoms with E-state index >= 15 is 0 Å². The number of amides is 2. The molecular weight excluding hydrogens is 322 g/mol. The summed E-state index contributed by atoms with van der Waals surface area (Å²) < 4.78 is 31.4. The summed E-state index contributed by atoms with van der Waals surface area (Å²) in [5, 5.41) is 2.45. The van der Waals surface area contributed by atoms with Crippen LogP contribution in [0.25, 0.3) is 0 Å². The number of carbonyl (C=O) groups excluding carboxylic acids is 2. The molecule has 1 aliphatic heterocycles. The van der Waals surface area contributed by atoms with E-state index in [4.69, 9.17) is 4.74 Å². The number of nitrogens with zero attached hydrogens (tertiary/aromatic N) is 2. The number of hydrogen-bond acceptors (Lipinski definition) is 5. The smallest absolute Gasteiger partial charge is 0.409 e. The summed E-state index contributed by atoms with van der Waals surface area (Å²) in [5.74, 6) is 0. The highest BCUT2D eigenvalue weighted by Gasteiger charge is 2.30. The van der Waals surface area contributed by atoms with Crippen LogP contribution in [0.1, 0.15) is 6.92 Å². The minimum absolute atomic E-state index is 0.151. The second-order valence-corrected chi connectivity index (χ2v) is 6.81. The van der Waals surface area contributed by atoms with Gasteiger partial charge in [0.2, 0.25) is 16.4 Å². The van der Waals surface area contributed by atoms with Crippen molar-refractivity contribution < 1.29 is 22.7 Å². The largest absolute Gasteiger partial charge is 0.450 e. The Morgan fingerprint density at radius 2 is 1.83 bits per heavy atom. The van der Waals surface area contributed by atoms with Crippen molar-refractivity contribution in [3.63, 3.8) is 0 Å². The molecule has 0 spiro atoms. The highest BCUT2D eigenvalue weighted by molar-refractivity contribution is 7.89. The van der Waals surface area contributed by atoms with E-state index in [1.807, 2.05) is 0 Å². The van der Waals surface area contributed by atoms with Crippen LogP contribution in [-0.4, -0.2) is 62.9 Å². The van der Waals surface area contributed by atoms with E-state index in [2.05, 4.69) is 5.32 Å². The Hall–Kier alpha value is -2.13. The van der Waals surface area contributed by atoms with Crippen molar-refractivity contribution in [1.82, 2.24) is 9.21 Å². The van der Waals surface area contributed by atoms with Crippen molar-refractivity contribution in [2.24, 2.45) is 0 Å². The van der Waals surface area contributed by atoms with Gasteiger partial charge < -0.3 is 15.0 Å². The Morgan fingerprint density at radius 3 is 2.35 bits per heavy atom. The Labute approximate surface area is 135 Å². The Kier molecular flexibility index (Phi) is 5.56. The van der Waals surface area contributed by atoms with Gasteiger partial charge in [-0.2, -0.15) is 4.31 Å². The van der Waals surface area contributed by atoms with Crippen LogP contribution in [0.15, 0.2) is 29.2 Å². The molecule has 0 atom stereocenters. The number of carbonyl (C=O) groups is 2. The molecule has 126 valence electrons. The third-order valence-corrected chi connectivity index (χ3v) is 5.40. The second kappa shape index (κ2) is 7.42. The first kappa shape index (κ1) is 17.2. The number of sulfonamides is 1. The lowest BCUT2D eigenvalue weighted by Gasteiger charge is -2.33. The van der Waals surface area contributed by atoms with Gasteiger partial charge in [-0.3, -0.25) is 4.79 Å². The third kappa shape index (κ3) is 3.99. The first-order valence-electron chi connectivity index (χ1n) is 7.21. The number of anilines is 1. The molecule has 1 heterocycles. The van der Waals surface area contributed by atoms with E-state index in [1.165, 1.54) is 33.5 Å². The van der Waals surface area contributed by atoms with Gasteiger partial charge in [0.25, 0.3) is 0 Å². The fourth-order valence-electron chi connectivity index (χ4n) is 2.27. The molecule has 0 bridgehead atoms. The van der Waals surface area contributed by atoms with Gasteiger partial charge in [0.05, 0.1) is 11.5 Å². The van der Waals surface area contributed by atoms with Crippen LogP contribution in [-0.2, 0) is 19.6 Å². The van der Waals surface area contributed by atoms with E-state index in [0.29, 0.717) is 31.8 Å². The van der Waals surface area contributed by atoms with Crippen LogP contribution in [0.5, 0.6) is 0 Å². The van der Waals surface area contributed by atoms with Gasteiger partial charge in [-0.15, -0.1) is 0 Å².